The zero-order valence-electron chi connectivity index (χ0n) is 11.7. The van der Waals surface area contributed by atoms with Crippen LogP contribution in [0, 0.1) is 10.1 Å². The SMILES string of the molecule is COc1ccc([N+](=O)[O-])cc1NC(C(=O)O)c1ccccc1. The fourth-order valence-electron chi connectivity index (χ4n) is 2.01. The molecule has 0 saturated carbocycles. The third-order valence-corrected chi connectivity index (χ3v) is 3.07. The van der Waals surface area contributed by atoms with Crippen LogP contribution in [0.2, 0.25) is 0 Å². The second-order valence-electron chi connectivity index (χ2n) is 4.47. The molecule has 0 saturated heterocycles. The van der Waals surface area contributed by atoms with Crippen LogP contribution in [0.25, 0.3) is 0 Å². The molecule has 7 heteroatoms. The summed E-state index contributed by atoms with van der Waals surface area (Å²) in [4.78, 5) is 21.8. The van der Waals surface area contributed by atoms with Crippen LogP contribution in [-0.2, 0) is 4.79 Å². The second-order valence-corrected chi connectivity index (χ2v) is 4.47. The molecule has 0 radical (unpaired) electrons. The predicted octanol–water partition coefficient (Wildman–Crippen LogP) is 2.84. The number of hydrogen-bond donors (Lipinski definition) is 2. The molecule has 0 spiro atoms. The molecule has 114 valence electrons. The molecule has 2 N–H and O–H groups in total. The molecule has 0 heterocycles. The summed E-state index contributed by atoms with van der Waals surface area (Å²) in [6, 6.07) is 11.5. The highest BCUT2D eigenvalue weighted by Crippen LogP contribution is 2.32. The molecular formula is C15H14N2O5. The number of methoxy groups -OCH3 is 1. The zero-order valence-corrected chi connectivity index (χ0v) is 11.7. The van der Waals surface area contributed by atoms with E-state index in [-0.39, 0.29) is 11.4 Å². The van der Waals surface area contributed by atoms with Gasteiger partial charge in [0.2, 0.25) is 0 Å². The van der Waals surface area contributed by atoms with Gasteiger partial charge in [0.15, 0.2) is 6.04 Å². The van der Waals surface area contributed by atoms with Crippen LogP contribution in [0.1, 0.15) is 11.6 Å². The summed E-state index contributed by atoms with van der Waals surface area (Å²) < 4.78 is 5.12. The maximum absolute atomic E-state index is 11.5. The lowest BCUT2D eigenvalue weighted by atomic mass is 10.1. The number of aliphatic carboxylic acids is 1. The Kier molecular flexibility index (Phi) is 4.57. The number of carboxylic acid groups (broad SMARTS) is 1. The van der Waals surface area contributed by atoms with Gasteiger partial charge in [-0.15, -0.1) is 0 Å². The zero-order chi connectivity index (χ0) is 16.1. The van der Waals surface area contributed by atoms with E-state index in [0.717, 1.165) is 0 Å². The molecule has 0 aromatic heterocycles. The Hall–Kier alpha value is -3.09. The van der Waals surface area contributed by atoms with Gasteiger partial charge < -0.3 is 15.2 Å². The van der Waals surface area contributed by atoms with E-state index in [2.05, 4.69) is 5.32 Å². The minimum Gasteiger partial charge on any atom is -0.495 e. The highest BCUT2D eigenvalue weighted by molar-refractivity contribution is 5.80. The van der Waals surface area contributed by atoms with Gasteiger partial charge in [-0.3, -0.25) is 10.1 Å². The third-order valence-electron chi connectivity index (χ3n) is 3.07. The van der Waals surface area contributed by atoms with Crippen LogP contribution in [0.5, 0.6) is 5.75 Å². The van der Waals surface area contributed by atoms with Gasteiger partial charge in [0.25, 0.3) is 5.69 Å². The van der Waals surface area contributed by atoms with Crippen LogP contribution < -0.4 is 10.1 Å². The second kappa shape index (κ2) is 6.57. The molecule has 2 aromatic carbocycles. The first-order valence-electron chi connectivity index (χ1n) is 6.39. The number of nitro benzene ring substituents is 1. The average Bonchev–Trinajstić information content (AvgIpc) is 2.52. The van der Waals surface area contributed by atoms with Crippen molar-refractivity contribution in [1.82, 2.24) is 0 Å². The monoisotopic (exact) mass is 302 g/mol. The Labute approximate surface area is 126 Å². The van der Waals surface area contributed by atoms with Gasteiger partial charge in [0, 0.05) is 12.1 Å². The van der Waals surface area contributed by atoms with Crippen molar-refractivity contribution in [2.24, 2.45) is 0 Å². The van der Waals surface area contributed by atoms with Gasteiger partial charge in [0.05, 0.1) is 17.7 Å². The summed E-state index contributed by atoms with van der Waals surface area (Å²) in [5.74, 6) is -0.771. The van der Waals surface area contributed by atoms with E-state index in [0.29, 0.717) is 11.3 Å². The van der Waals surface area contributed by atoms with Gasteiger partial charge in [-0.2, -0.15) is 0 Å². The van der Waals surface area contributed by atoms with Crippen molar-refractivity contribution in [3.8, 4) is 5.75 Å². The highest BCUT2D eigenvalue weighted by atomic mass is 16.6. The maximum Gasteiger partial charge on any atom is 0.330 e. The lowest BCUT2D eigenvalue weighted by Gasteiger charge is -2.18. The minimum absolute atomic E-state index is 0.152. The number of rotatable bonds is 6. The fourth-order valence-corrected chi connectivity index (χ4v) is 2.01. The first kappa shape index (κ1) is 15.3. The first-order chi connectivity index (χ1) is 10.5. The lowest BCUT2D eigenvalue weighted by molar-refractivity contribution is -0.384. The van der Waals surface area contributed by atoms with Crippen molar-refractivity contribution in [1.29, 1.82) is 0 Å². The number of anilines is 1. The lowest BCUT2D eigenvalue weighted by Crippen LogP contribution is -2.20. The molecule has 0 aliphatic rings. The smallest absolute Gasteiger partial charge is 0.330 e. The Balaban J connectivity index is 2.39. The number of non-ortho nitro benzene ring substituents is 1. The van der Waals surface area contributed by atoms with Crippen molar-refractivity contribution in [3.63, 3.8) is 0 Å². The van der Waals surface area contributed by atoms with Crippen LogP contribution in [0.15, 0.2) is 48.5 Å². The molecule has 22 heavy (non-hydrogen) atoms. The topological polar surface area (TPSA) is 102 Å². The third kappa shape index (κ3) is 3.32. The predicted molar refractivity (Wildman–Crippen MR) is 80.1 cm³/mol. The van der Waals surface area contributed by atoms with Gasteiger partial charge >= 0.3 is 5.97 Å². The standard InChI is InChI=1S/C15H14N2O5/c1-22-13-8-7-11(17(20)21)9-12(13)16-14(15(18)19)10-5-3-2-4-6-10/h2-9,14,16H,1H3,(H,18,19). The molecule has 0 bridgehead atoms. The molecule has 0 fully saturated rings. The number of carboxylic acids is 1. The van der Waals surface area contributed by atoms with E-state index >= 15 is 0 Å². The van der Waals surface area contributed by atoms with E-state index in [4.69, 9.17) is 4.74 Å². The first-order valence-corrected chi connectivity index (χ1v) is 6.39. The Bertz CT molecular complexity index is 688. The normalized spacial score (nSPS) is 11.5. The molecule has 2 aromatic rings. The van der Waals surface area contributed by atoms with Gasteiger partial charge in [-0.1, -0.05) is 30.3 Å². The van der Waals surface area contributed by atoms with Crippen molar-refractivity contribution in [2.45, 2.75) is 6.04 Å². The molecular weight excluding hydrogens is 288 g/mol. The maximum atomic E-state index is 11.5. The molecule has 1 unspecified atom stereocenters. The Morgan fingerprint density at radius 3 is 2.50 bits per heavy atom. The van der Waals surface area contributed by atoms with Crippen molar-refractivity contribution < 1.29 is 19.6 Å². The van der Waals surface area contributed by atoms with Crippen molar-refractivity contribution in [2.75, 3.05) is 12.4 Å². The molecule has 1 atom stereocenters. The Morgan fingerprint density at radius 1 is 1.27 bits per heavy atom. The van der Waals surface area contributed by atoms with E-state index < -0.39 is 16.9 Å². The summed E-state index contributed by atoms with van der Waals surface area (Å²) in [5, 5.41) is 23.0. The summed E-state index contributed by atoms with van der Waals surface area (Å²) in [6.45, 7) is 0. The number of nitrogens with one attached hydrogen (secondary N) is 1. The quantitative estimate of drug-likeness (QED) is 0.628. The summed E-state index contributed by atoms with van der Waals surface area (Å²) >= 11 is 0. The van der Waals surface area contributed by atoms with Crippen molar-refractivity contribution in [3.05, 3.63) is 64.2 Å². The van der Waals surface area contributed by atoms with Crippen LogP contribution in [0.4, 0.5) is 11.4 Å². The molecule has 0 aliphatic heterocycles. The number of nitrogens with zero attached hydrogens (tertiary/aromatic N) is 1. The van der Waals surface area contributed by atoms with E-state index in [1.54, 1.807) is 30.3 Å². The molecule has 0 aliphatic carbocycles. The van der Waals surface area contributed by atoms with Crippen LogP contribution in [-0.4, -0.2) is 23.1 Å². The van der Waals surface area contributed by atoms with Crippen molar-refractivity contribution >= 4 is 17.3 Å². The minimum atomic E-state index is -1.10. The van der Waals surface area contributed by atoms with Gasteiger partial charge in [-0.05, 0) is 11.6 Å². The van der Waals surface area contributed by atoms with E-state index in [1.807, 2.05) is 0 Å². The Morgan fingerprint density at radius 2 is 1.95 bits per heavy atom. The van der Waals surface area contributed by atoms with Gasteiger partial charge in [-0.25, -0.2) is 4.79 Å². The van der Waals surface area contributed by atoms with E-state index in [1.165, 1.54) is 25.3 Å². The number of benzene rings is 2. The summed E-state index contributed by atoms with van der Waals surface area (Å²) in [7, 11) is 1.41. The number of hydrogen-bond acceptors (Lipinski definition) is 5. The molecule has 7 nitrogen and oxygen atoms in total. The summed E-state index contributed by atoms with van der Waals surface area (Å²) in [6.07, 6.45) is 0. The average molecular weight is 302 g/mol. The fraction of sp³-hybridized carbons (Fsp3) is 0.133. The number of nitro groups is 1. The summed E-state index contributed by atoms with van der Waals surface area (Å²) in [5.41, 5.74) is 0.622. The number of carbonyl (C=O) groups is 1. The molecule has 2 rings (SSSR count). The molecule has 0 amide bonds. The number of ether oxygens (including phenoxy) is 1. The van der Waals surface area contributed by atoms with Gasteiger partial charge in [0.1, 0.15) is 5.75 Å². The highest BCUT2D eigenvalue weighted by Gasteiger charge is 2.22. The van der Waals surface area contributed by atoms with Crippen LogP contribution in [0.3, 0.4) is 0 Å². The van der Waals surface area contributed by atoms with Crippen LogP contribution >= 0.6 is 0 Å². The van der Waals surface area contributed by atoms with E-state index in [9.17, 15) is 20.0 Å². The largest absolute Gasteiger partial charge is 0.495 e.